The molecule has 1 saturated heterocycles. The Morgan fingerprint density at radius 3 is 2.46 bits per heavy atom. The molecule has 6 rings (SSSR count). The normalized spacial score (nSPS) is 14.5. The fourth-order valence-corrected chi connectivity index (χ4v) is 6.63. The van der Waals surface area contributed by atoms with Gasteiger partial charge in [-0.2, -0.15) is 0 Å². The number of carbonyl (C=O) groups excluding carboxylic acids is 1. The third-order valence-electron chi connectivity index (χ3n) is 9.23. The first kappa shape index (κ1) is 33.1. The van der Waals surface area contributed by atoms with E-state index in [9.17, 15) is 9.90 Å². The van der Waals surface area contributed by atoms with Gasteiger partial charge >= 0.3 is 0 Å². The molecule has 1 N–H and O–H groups in total. The van der Waals surface area contributed by atoms with E-state index >= 15 is 0 Å². The third-order valence-corrected chi connectivity index (χ3v) is 9.23. The summed E-state index contributed by atoms with van der Waals surface area (Å²) in [6.07, 6.45) is 1.89. The lowest BCUT2D eigenvalue weighted by Gasteiger charge is -2.28. The van der Waals surface area contributed by atoms with Crippen molar-refractivity contribution < 1.29 is 23.8 Å². The summed E-state index contributed by atoms with van der Waals surface area (Å²) < 4.78 is 19.2. The first-order valence-corrected chi connectivity index (χ1v) is 16.6. The predicted octanol–water partition coefficient (Wildman–Crippen LogP) is 5.65. The van der Waals surface area contributed by atoms with Crippen molar-refractivity contribution in [3.05, 3.63) is 108 Å². The maximum atomic E-state index is 13.3. The van der Waals surface area contributed by atoms with E-state index in [-0.39, 0.29) is 18.4 Å². The molecule has 3 heterocycles. The summed E-state index contributed by atoms with van der Waals surface area (Å²) in [5.41, 5.74) is 3.82. The first-order valence-electron chi connectivity index (χ1n) is 16.6. The molecule has 0 radical (unpaired) electrons. The van der Waals surface area contributed by atoms with Gasteiger partial charge in [0.1, 0.15) is 18.1 Å². The molecule has 10 nitrogen and oxygen atoms in total. The van der Waals surface area contributed by atoms with Gasteiger partial charge in [-0.3, -0.25) is 4.79 Å². The average molecular weight is 652 g/mol. The number of methoxy groups -OCH3 is 2. The molecule has 1 amide bonds. The molecule has 0 aliphatic carbocycles. The number of benzene rings is 3. The minimum atomic E-state index is -0.119. The Morgan fingerprint density at radius 2 is 1.69 bits per heavy atom. The van der Waals surface area contributed by atoms with Crippen molar-refractivity contribution in [2.45, 2.75) is 31.9 Å². The Kier molecular flexibility index (Phi) is 10.6. The largest absolute Gasteiger partial charge is 0.493 e. The molecule has 5 aromatic rings. The van der Waals surface area contributed by atoms with Gasteiger partial charge in [0.2, 0.25) is 5.95 Å². The standard InChI is InChI=1S/C38H45N5O5/c1-40(37(45)28-10-5-4-6-11-28)25-30(29-14-17-35(46-2)36(24-29)47-3)18-21-41-19-9-20-42(23-22-41)38-39-33-12-7-8-13-34(33)43(38)26-31-15-16-32(27-44)48-31/h4-8,10-17,24,30,44H,9,18-23,25-27H2,1-3H3. The van der Waals surface area contributed by atoms with Crippen LogP contribution < -0.4 is 14.4 Å². The summed E-state index contributed by atoms with van der Waals surface area (Å²) >= 11 is 0. The molecule has 0 saturated carbocycles. The second-order valence-electron chi connectivity index (χ2n) is 12.3. The van der Waals surface area contributed by atoms with Crippen molar-refractivity contribution in [3.8, 4) is 11.5 Å². The number of furan rings is 1. The van der Waals surface area contributed by atoms with Crippen molar-refractivity contribution in [2.75, 3.05) is 65.4 Å². The molecule has 1 aliphatic rings. The van der Waals surface area contributed by atoms with E-state index in [1.807, 2.05) is 78.7 Å². The lowest BCUT2D eigenvalue weighted by molar-refractivity contribution is 0.0782. The Labute approximate surface area is 282 Å². The Bertz CT molecular complexity index is 1800. The zero-order chi connectivity index (χ0) is 33.5. The number of aromatic nitrogens is 2. The number of aliphatic hydroxyl groups is 1. The zero-order valence-electron chi connectivity index (χ0n) is 28.0. The number of likely N-dealkylation sites (N-methyl/N-ethyl adjacent to an activating group) is 1. The van der Waals surface area contributed by atoms with Crippen LogP contribution in [0, 0.1) is 0 Å². The Morgan fingerprint density at radius 1 is 0.917 bits per heavy atom. The molecular formula is C38H45N5O5. The molecule has 1 fully saturated rings. The molecule has 252 valence electrons. The maximum Gasteiger partial charge on any atom is 0.253 e. The highest BCUT2D eigenvalue weighted by Crippen LogP contribution is 2.33. The van der Waals surface area contributed by atoms with E-state index in [0.717, 1.165) is 73.9 Å². The summed E-state index contributed by atoms with van der Waals surface area (Å²) in [6, 6.07) is 27.5. The number of anilines is 1. The molecule has 0 spiro atoms. The van der Waals surface area contributed by atoms with Crippen LogP contribution >= 0.6 is 0 Å². The first-order chi connectivity index (χ1) is 23.5. The van der Waals surface area contributed by atoms with E-state index in [1.165, 1.54) is 0 Å². The zero-order valence-corrected chi connectivity index (χ0v) is 28.0. The lowest BCUT2D eigenvalue weighted by Crippen LogP contribution is -2.35. The van der Waals surface area contributed by atoms with Gasteiger partial charge in [-0.25, -0.2) is 4.98 Å². The summed E-state index contributed by atoms with van der Waals surface area (Å²) in [4.78, 5) is 25.1. The van der Waals surface area contributed by atoms with Gasteiger partial charge in [-0.15, -0.1) is 0 Å². The van der Waals surface area contributed by atoms with Crippen molar-refractivity contribution >= 4 is 22.9 Å². The SMILES string of the molecule is COc1ccc(C(CCN2CCCN(c3nc4ccccc4n3Cc3ccc(CO)o3)CC2)CN(C)C(=O)c2ccccc2)cc1OC. The number of amides is 1. The van der Waals surface area contributed by atoms with Gasteiger partial charge < -0.3 is 38.3 Å². The number of rotatable bonds is 13. The van der Waals surface area contributed by atoms with Gasteiger partial charge in [0.15, 0.2) is 11.5 Å². The quantitative estimate of drug-likeness (QED) is 0.175. The number of nitrogens with zero attached hydrogens (tertiary/aromatic N) is 5. The maximum absolute atomic E-state index is 13.3. The van der Waals surface area contributed by atoms with Crippen LogP contribution in [0.1, 0.15) is 46.2 Å². The van der Waals surface area contributed by atoms with Gasteiger partial charge in [-0.05, 0) is 80.0 Å². The van der Waals surface area contributed by atoms with E-state index < -0.39 is 0 Å². The Balaban J connectivity index is 1.17. The number of hydrogen-bond acceptors (Lipinski definition) is 8. The van der Waals surface area contributed by atoms with Gasteiger partial charge in [0, 0.05) is 44.7 Å². The van der Waals surface area contributed by atoms with Crippen molar-refractivity contribution in [1.82, 2.24) is 19.4 Å². The molecule has 1 aliphatic heterocycles. The number of hydrogen-bond donors (Lipinski definition) is 1. The molecule has 1 unspecified atom stereocenters. The summed E-state index contributed by atoms with van der Waals surface area (Å²) in [5.74, 6) is 3.77. The van der Waals surface area contributed by atoms with Gasteiger partial charge in [0.25, 0.3) is 5.91 Å². The van der Waals surface area contributed by atoms with Gasteiger partial charge in [0.05, 0.1) is 31.8 Å². The fraction of sp³-hybridized carbons (Fsp3) is 0.368. The number of para-hydroxylation sites is 2. The lowest BCUT2D eigenvalue weighted by atomic mass is 9.94. The van der Waals surface area contributed by atoms with Crippen LogP contribution in [0.3, 0.4) is 0 Å². The molecule has 2 aromatic heterocycles. The molecule has 1 atom stereocenters. The van der Waals surface area contributed by atoms with E-state index in [0.29, 0.717) is 35.9 Å². The average Bonchev–Trinajstić information content (AvgIpc) is 3.66. The van der Waals surface area contributed by atoms with Crippen LogP contribution in [-0.4, -0.2) is 90.9 Å². The van der Waals surface area contributed by atoms with E-state index in [2.05, 4.69) is 32.6 Å². The smallest absolute Gasteiger partial charge is 0.253 e. The van der Waals surface area contributed by atoms with Crippen LogP contribution in [0.25, 0.3) is 11.0 Å². The second kappa shape index (κ2) is 15.4. The number of carbonyl (C=O) groups is 1. The molecule has 0 bridgehead atoms. The summed E-state index contributed by atoms with van der Waals surface area (Å²) in [5, 5.41) is 9.51. The minimum Gasteiger partial charge on any atom is -0.493 e. The Hall–Kier alpha value is -4.80. The van der Waals surface area contributed by atoms with Crippen LogP contribution in [0.2, 0.25) is 0 Å². The number of aliphatic hydroxyl groups excluding tert-OH is 1. The van der Waals surface area contributed by atoms with Crippen LogP contribution in [0.15, 0.2) is 89.3 Å². The number of imidazole rings is 1. The van der Waals surface area contributed by atoms with Crippen LogP contribution in [0.4, 0.5) is 5.95 Å². The van der Waals surface area contributed by atoms with Crippen LogP contribution in [-0.2, 0) is 13.2 Å². The molecule has 48 heavy (non-hydrogen) atoms. The monoisotopic (exact) mass is 651 g/mol. The number of ether oxygens (including phenoxy) is 2. The van der Waals surface area contributed by atoms with Crippen LogP contribution in [0.5, 0.6) is 11.5 Å². The highest BCUT2D eigenvalue weighted by Gasteiger charge is 2.24. The second-order valence-corrected chi connectivity index (χ2v) is 12.3. The highest BCUT2D eigenvalue weighted by atomic mass is 16.5. The topological polar surface area (TPSA) is 96.4 Å². The highest BCUT2D eigenvalue weighted by molar-refractivity contribution is 5.94. The molecule has 3 aromatic carbocycles. The molecule has 10 heteroatoms. The minimum absolute atomic E-state index is 0.0107. The van der Waals surface area contributed by atoms with E-state index in [4.69, 9.17) is 18.9 Å². The fourth-order valence-electron chi connectivity index (χ4n) is 6.63. The number of fused-ring (bicyclic) bond motifs is 1. The predicted molar refractivity (Wildman–Crippen MR) is 187 cm³/mol. The van der Waals surface area contributed by atoms with Crippen molar-refractivity contribution in [3.63, 3.8) is 0 Å². The van der Waals surface area contributed by atoms with E-state index in [1.54, 1.807) is 14.2 Å². The third kappa shape index (κ3) is 7.50. The molecular weight excluding hydrogens is 606 g/mol. The van der Waals surface area contributed by atoms with Gasteiger partial charge in [-0.1, -0.05) is 36.4 Å². The summed E-state index contributed by atoms with van der Waals surface area (Å²) in [6.45, 7) is 5.52. The van der Waals surface area contributed by atoms with Crippen molar-refractivity contribution in [1.29, 1.82) is 0 Å². The van der Waals surface area contributed by atoms with Crippen molar-refractivity contribution in [2.24, 2.45) is 0 Å². The summed E-state index contributed by atoms with van der Waals surface area (Å²) in [7, 11) is 5.18.